The number of pyridine rings is 2. The number of nitrogens with zero attached hydrogens (tertiary/aromatic N) is 3. The molecule has 2 rings (SSSR count). The third-order valence-corrected chi connectivity index (χ3v) is 2.83. The van der Waals surface area contributed by atoms with Gasteiger partial charge in [-0.05, 0) is 23.3 Å². The van der Waals surface area contributed by atoms with Crippen molar-refractivity contribution in [1.29, 1.82) is 0 Å². The van der Waals surface area contributed by atoms with Crippen molar-refractivity contribution in [2.24, 2.45) is 0 Å². The maximum absolute atomic E-state index is 12.5. The first-order valence-corrected chi connectivity index (χ1v) is 6.49. The average Bonchev–Trinajstić information content (AvgIpc) is 2.54. The van der Waals surface area contributed by atoms with E-state index in [0.717, 1.165) is 12.3 Å². The number of aromatic nitrogens is 2. The molecule has 0 N–H and O–H groups in total. The van der Waals surface area contributed by atoms with Crippen molar-refractivity contribution in [1.82, 2.24) is 9.97 Å². The first kappa shape index (κ1) is 16.7. The van der Waals surface area contributed by atoms with Crippen LogP contribution in [0.5, 0.6) is 5.88 Å². The zero-order valence-electron chi connectivity index (χ0n) is 12.1. The molecular weight excluding hydrogens is 311 g/mol. The van der Waals surface area contributed by atoms with Crippen molar-refractivity contribution in [3.05, 3.63) is 47.6 Å². The van der Waals surface area contributed by atoms with Crippen molar-refractivity contribution in [3.8, 4) is 17.0 Å². The number of hydrogen-bond acceptors (Lipinski definition) is 4. The molecule has 0 fully saturated rings. The Labute approximate surface area is 130 Å². The van der Waals surface area contributed by atoms with E-state index in [0.29, 0.717) is 17.7 Å². The molecule has 0 aliphatic rings. The third kappa shape index (κ3) is 4.40. The van der Waals surface area contributed by atoms with Crippen LogP contribution in [-0.4, -0.2) is 30.3 Å². The molecule has 0 amide bonds. The number of rotatable bonds is 5. The number of alkyl halides is 3. The summed E-state index contributed by atoms with van der Waals surface area (Å²) in [4.78, 5) is 10.6. The van der Waals surface area contributed by atoms with E-state index in [-0.39, 0.29) is 18.3 Å². The van der Waals surface area contributed by atoms with E-state index >= 15 is 0 Å². The average molecular weight is 323 g/mol. The van der Waals surface area contributed by atoms with Crippen molar-refractivity contribution in [2.45, 2.75) is 6.18 Å². The molecule has 0 bridgehead atoms. The van der Waals surface area contributed by atoms with Crippen LogP contribution in [0.4, 0.5) is 19.0 Å². The monoisotopic (exact) mass is 323 g/mol. The molecule has 0 saturated carbocycles. The maximum atomic E-state index is 12.5. The van der Waals surface area contributed by atoms with Gasteiger partial charge in [-0.25, -0.2) is 0 Å². The molecule has 23 heavy (non-hydrogen) atoms. The van der Waals surface area contributed by atoms with Crippen molar-refractivity contribution in [3.63, 3.8) is 0 Å². The van der Waals surface area contributed by atoms with Crippen LogP contribution >= 0.6 is 0 Å². The Hall–Kier alpha value is -2.66. The fourth-order valence-electron chi connectivity index (χ4n) is 1.75. The van der Waals surface area contributed by atoms with E-state index in [2.05, 4.69) is 14.8 Å². The van der Waals surface area contributed by atoms with Crippen molar-refractivity contribution >= 4 is 5.82 Å². The summed E-state index contributed by atoms with van der Waals surface area (Å²) >= 11 is 0. The Bertz CT molecular complexity index is 709. The predicted octanol–water partition coefficient (Wildman–Crippen LogP) is 3.74. The van der Waals surface area contributed by atoms with Gasteiger partial charge in [-0.2, -0.15) is 13.2 Å². The summed E-state index contributed by atoms with van der Waals surface area (Å²) in [5.74, 6) is 0.278. The van der Waals surface area contributed by atoms with Gasteiger partial charge in [0.1, 0.15) is 12.3 Å². The molecule has 0 saturated heterocycles. The van der Waals surface area contributed by atoms with Crippen LogP contribution in [0.1, 0.15) is 5.69 Å². The van der Waals surface area contributed by atoms with Crippen LogP contribution in [0.15, 0.2) is 30.5 Å². The molecule has 0 aromatic carbocycles. The van der Waals surface area contributed by atoms with Gasteiger partial charge in [-0.3, -0.25) is 4.98 Å². The molecule has 0 aliphatic carbocycles. The van der Waals surface area contributed by atoms with E-state index < -0.39 is 11.9 Å². The lowest BCUT2D eigenvalue weighted by Gasteiger charge is -2.08. The zero-order valence-corrected chi connectivity index (χ0v) is 12.1. The van der Waals surface area contributed by atoms with Gasteiger partial charge < -0.3 is 14.3 Å². The van der Waals surface area contributed by atoms with Gasteiger partial charge in [0.15, 0.2) is 0 Å². The molecule has 2 aromatic heterocycles. The highest BCUT2D eigenvalue weighted by Crippen LogP contribution is 2.31. The highest BCUT2D eigenvalue weighted by atomic mass is 19.4. The first-order chi connectivity index (χ1) is 10.9. The minimum atomic E-state index is -4.49. The summed E-state index contributed by atoms with van der Waals surface area (Å²) in [5, 5.41) is 0. The predicted molar refractivity (Wildman–Crippen MR) is 76.1 cm³/mol. The second-order valence-electron chi connectivity index (χ2n) is 4.44. The summed E-state index contributed by atoms with van der Waals surface area (Å²) < 4.78 is 47.8. The van der Waals surface area contributed by atoms with Gasteiger partial charge in [-0.15, -0.1) is 0 Å². The van der Waals surface area contributed by atoms with Gasteiger partial charge in [-0.1, -0.05) is 17.6 Å². The van der Waals surface area contributed by atoms with Crippen LogP contribution in [0, 0.1) is 6.57 Å². The number of methoxy groups -OCH3 is 1. The summed E-state index contributed by atoms with van der Waals surface area (Å²) in [6, 6.07) is 5.17. The second kappa shape index (κ2) is 7.07. The lowest BCUT2D eigenvalue weighted by Crippen LogP contribution is -2.07. The van der Waals surface area contributed by atoms with E-state index in [1.807, 2.05) is 0 Å². The summed E-state index contributed by atoms with van der Waals surface area (Å²) in [6.45, 7) is 7.64. The van der Waals surface area contributed by atoms with E-state index in [9.17, 15) is 13.2 Å². The lowest BCUT2D eigenvalue weighted by molar-refractivity contribution is -0.141. The van der Waals surface area contributed by atoms with Crippen LogP contribution in [0.3, 0.4) is 0 Å². The van der Waals surface area contributed by atoms with E-state index in [1.165, 1.54) is 25.3 Å². The Balaban J connectivity index is 2.31. The Morgan fingerprint density at radius 2 is 1.96 bits per heavy atom. The first-order valence-electron chi connectivity index (χ1n) is 6.49. The second-order valence-corrected chi connectivity index (χ2v) is 4.44. The Kier molecular flexibility index (Phi) is 5.13. The normalized spacial score (nSPS) is 11.1. The van der Waals surface area contributed by atoms with Crippen LogP contribution < -0.4 is 4.74 Å². The van der Waals surface area contributed by atoms with Gasteiger partial charge in [0.2, 0.25) is 0 Å². The minimum absolute atomic E-state index is 0.0785. The van der Waals surface area contributed by atoms with Gasteiger partial charge in [0, 0.05) is 19.4 Å². The summed E-state index contributed by atoms with van der Waals surface area (Å²) in [6.07, 6.45) is -3.39. The lowest BCUT2D eigenvalue weighted by atomic mass is 10.1. The fourth-order valence-corrected chi connectivity index (χ4v) is 1.75. The van der Waals surface area contributed by atoms with E-state index in [1.54, 1.807) is 0 Å². The Morgan fingerprint density at radius 1 is 1.17 bits per heavy atom. The maximum Gasteiger partial charge on any atom is 0.433 e. The number of ether oxygens (including phenoxy) is 2. The molecule has 8 heteroatoms. The largest absolute Gasteiger partial charge is 0.458 e. The highest BCUT2D eigenvalue weighted by Gasteiger charge is 2.32. The van der Waals surface area contributed by atoms with Crippen molar-refractivity contribution < 1.29 is 22.6 Å². The number of halogens is 3. The molecule has 0 radical (unpaired) electrons. The smallest absolute Gasteiger partial charge is 0.433 e. The quantitative estimate of drug-likeness (QED) is 0.621. The third-order valence-electron chi connectivity index (χ3n) is 2.83. The molecule has 0 atom stereocenters. The molecule has 0 unspecified atom stereocenters. The van der Waals surface area contributed by atoms with E-state index in [4.69, 9.17) is 16.0 Å². The topological polar surface area (TPSA) is 48.6 Å². The zero-order chi connectivity index (χ0) is 16.9. The molecule has 5 nitrogen and oxygen atoms in total. The molecule has 0 spiro atoms. The van der Waals surface area contributed by atoms with Gasteiger partial charge in [0.25, 0.3) is 5.82 Å². The summed E-state index contributed by atoms with van der Waals surface area (Å²) in [5.41, 5.74) is -0.0428. The standard InChI is InChI=1S/C15H12F3N3O2/c1-19-13-7-11(8-14(21-13)23-6-5-22-2)10-3-4-12(20-9-10)15(16,17)18/h3-4,7-9H,5-6H2,2H3. The highest BCUT2D eigenvalue weighted by molar-refractivity contribution is 5.67. The minimum Gasteiger partial charge on any atom is -0.458 e. The Morgan fingerprint density at radius 3 is 2.52 bits per heavy atom. The molecule has 2 aromatic rings. The van der Waals surface area contributed by atoms with Crippen LogP contribution in [-0.2, 0) is 10.9 Å². The van der Waals surface area contributed by atoms with Crippen LogP contribution in [0.2, 0.25) is 0 Å². The SMILES string of the molecule is [C-]#[N+]c1cc(-c2ccc(C(F)(F)F)nc2)cc(OCCOC)n1. The van der Waals surface area contributed by atoms with Gasteiger partial charge in [0.05, 0.1) is 6.61 Å². The van der Waals surface area contributed by atoms with Crippen molar-refractivity contribution in [2.75, 3.05) is 20.3 Å². The molecule has 120 valence electrons. The molecule has 2 heterocycles. The molecular formula is C15H12F3N3O2. The van der Waals surface area contributed by atoms with Crippen LogP contribution in [0.25, 0.3) is 16.0 Å². The summed E-state index contributed by atoms with van der Waals surface area (Å²) in [7, 11) is 1.52. The van der Waals surface area contributed by atoms with Gasteiger partial charge >= 0.3 is 12.1 Å². The number of hydrogen-bond donors (Lipinski definition) is 0. The molecule has 0 aliphatic heterocycles. The fraction of sp³-hybridized carbons (Fsp3) is 0.267.